The summed E-state index contributed by atoms with van der Waals surface area (Å²) in [7, 11) is 0. The lowest BCUT2D eigenvalue weighted by Crippen LogP contribution is -2.58. The first-order chi connectivity index (χ1) is 10.3. The molecule has 0 spiro atoms. The second-order valence-electron chi connectivity index (χ2n) is 6.41. The predicted molar refractivity (Wildman–Crippen MR) is 91.8 cm³/mol. The Kier molecular flexibility index (Phi) is 4.03. The fourth-order valence-corrected chi connectivity index (χ4v) is 4.55. The third-order valence-corrected chi connectivity index (χ3v) is 5.83. The molecular weight excluding hydrogens is 254 g/mol. The van der Waals surface area contributed by atoms with Crippen LogP contribution in [0.1, 0.15) is 51.5 Å². The third kappa shape index (κ3) is 2.19. The first-order valence-corrected chi connectivity index (χ1v) is 8.47. The van der Waals surface area contributed by atoms with Crippen LogP contribution in [0.25, 0.3) is 10.8 Å². The summed E-state index contributed by atoms with van der Waals surface area (Å²) in [5.41, 5.74) is 1.99. The van der Waals surface area contributed by atoms with Crippen molar-refractivity contribution in [3.05, 3.63) is 48.0 Å². The van der Waals surface area contributed by atoms with Gasteiger partial charge in [0.2, 0.25) is 0 Å². The van der Waals surface area contributed by atoms with E-state index < -0.39 is 0 Å². The summed E-state index contributed by atoms with van der Waals surface area (Å²) in [4.78, 5) is 0. The van der Waals surface area contributed by atoms with E-state index in [1.165, 1.54) is 30.0 Å². The molecule has 0 aliphatic heterocycles. The number of benzene rings is 2. The van der Waals surface area contributed by atoms with Crippen LogP contribution in [-0.2, 0) is 0 Å². The van der Waals surface area contributed by atoms with Crippen molar-refractivity contribution in [3.63, 3.8) is 0 Å². The Morgan fingerprint density at radius 3 is 2.43 bits per heavy atom. The van der Waals surface area contributed by atoms with Crippen LogP contribution >= 0.6 is 0 Å². The molecule has 2 atom stereocenters. The molecule has 3 rings (SSSR count). The fourth-order valence-electron chi connectivity index (χ4n) is 4.55. The van der Waals surface area contributed by atoms with Gasteiger partial charge in [0, 0.05) is 6.04 Å². The Balaban J connectivity index is 2.03. The first-order valence-electron chi connectivity index (χ1n) is 8.47. The Morgan fingerprint density at radius 2 is 1.71 bits per heavy atom. The van der Waals surface area contributed by atoms with E-state index in [-0.39, 0.29) is 0 Å². The molecule has 1 aliphatic rings. The lowest BCUT2D eigenvalue weighted by molar-refractivity contribution is 0.0218. The van der Waals surface area contributed by atoms with Crippen molar-refractivity contribution >= 4 is 10.8 Å². The maximum Gasteiger partial charge on any atom is 0.0135 e. The molecule has 2 aromatic rings. The lowest BCUT2D eigenvalue weighted by atomic mass is 9.51. The van der Waals surface area contributed by atoms with Crippen LogP contribution in [-0.4, -0.2) is 12.6 Å². The van der Waals surface area contributed by atoms with Crippen molar-refractivity contribution in [1.29, 1.82) is 0 Å². The summed E-state index contributed by atoms with van der Waals surface area (Å²) in [6.07, 6.45) is 3.80. The summed E-state index contributed by atoms with van der Waals surface area (Å²) < 4.78 is 0. The van der Waals surface area contributed by atoms with Gasteiger partial charge in [-0.05, 0) is 53.5 Å². The van der Waals surface area contributed by atoms with E-state index in [9.17, 15) is 0 Å². The Morgan fingerprint density at radius 1 is 1.00 bits per heavy atom. The molecule has 1 heteroatoms. The summed E-state index contributed by atoms with van der Waals surface area (Å²) in [6.45, 7) is 8.03. The standard InChI is InChI=1S/C20H27N/c1-4-20(5-2)18(14-19(20)21-6-3)17-13-9-11-15-10-7-8-12-16(15)17/h7-13,18-19,21H,4-6,14H2,1-3H3. The monoisotopic (exact) mass is 281 g/mol. The smallest absolute Gasteiger partial charge is 0.0135 e. The summed E-state index contributed by atoms with van der Waals surface area (Å²) in [5, 5.41) is 6.55. The molecule has 0 saturated heterocycles. The van der Waals surface area contributed by atoms with Crippen molar-refractivity contribution < 1.29 is 0 Å². The van der Waals surface area contributed by atoms with E-state index in [1.54, 1.807) is 5.56 Å². The van der Waals surface area contributed by atoms with E-state index in [0.717, 1.165) is 6.54 Å². The van der Waals surface area contributed by atoms with Crippen molar-refractivity contribution in [2.75, 3.05) is 6.54 Å². The van der Waals surface area contributed by atoms with Gasteiger partial charge >= 0.3 is 0 Å². The van der Waals surface area contributed by atoms with Crippen LogP contribution in [0.15, 0.2) is 42.5 Å². The molecule has 0 aromatic heterocycles. The van der Waals surface area contributed by atoms with Crippen LogP contribution < -0.4 is 5.32 Å². The topological polar surface area (TPSA) is 12.0 Å². The molecular formula is C20H27N. The van der Waals surface area contributed by atoms with E-state index >= 15 is 0 Å². The number of rotatable bonds is 5. The van der Waals surface area contributed by atoms with Gasteiger partial charge in [-0.1, -0.05) is 63.2 Å². The van der Waals surface area contributed by atoms with Gasteiger partial charge in [-0.3, -0.25) is 0 Å². The summed E-state index contributed by atoms with van der Waals surface area (Å²) >= 11 is 0. The number of hydrogen-bond acceptors (Lipinski definition) is 1. The second-order valence-corrected chi connectivity index (χ2v) is 6.41. The highest BCUT2D eigenvalue weighted by Crippen LogP contribution is 2.58. The van der Waals surface area contributed by atoms with Crippen molar-refractivity contribution in [2.45, 2.75) is 52.0 Å². The Bertz CT molecular complexity index is 607. The Hall–Kier alpha value is -1.34. The van der Waals surface area contributed by atoms with Crippen LogP contribution in [0.5, 0.6) is 0 Å². The third-order valence-electron chi connectivity index (χ3n) is 5.83. The quantitative estimate of drug-likeness (QED) is 0.803. The van der Waals surface area contributed by atoms with E-state index in [0.29, 0.717) is 17.4 Å². The first kappa shape index (κ1) is 14.6. The molecule has 21 heavy (non-hydrogen) atoms. The molecule has 2 unspecified atom stereocenters. The minimum atomic E-state index is 0.431. The van der Waals surface area contributed by atoms with Crippen LogP contribution in [0.3, 0.4) is 0 Å². The highest BCUT2D eigenvalue weighted by molar-refractivity contribution is 5.86. The van der Waals surface area contributed by atoms with E-state index in [4.69, 9.17) is 0 Å². The molecule has 2 aromatic carbocycles. The van der Waals surface area contributed by atoms with Crippen LogP contribution in [0.4, 0.5) is 0 Å². The predicted octanol–water partition coefficient (Wildman–Crippen LogP) is 5.11. The van der Waals surface area contributed by atoms with Gasteiger partial charge in [-0.15, -0.1) is 0 Å². The minimum Gasteiger partial charge on any atom is -0.314 e. The van der Waals surface area contributed by atoms with E-state index in [2.05, 4.69) is 68.6 Å². The summed E-state index contributed by atoms with van der Waals surface area (Å²) in [5.74, 6) is 0.697. The fraction of sp³-hybridized carbons (Fsp3) is 0.500. The molecule has 1 N–H and O–H groups in total. The van der Waals surface area contributed by atoms with Gasteiger partial charge in [0.05, 0.1) is 0 Å². The molecule has 112 valence electrons. The number of hydrogen-bond donors (Lipinski definition) is 1. The normalized spacial score (nSPS) is 24.0. The van der Waals surface area contributed by atoms with Gasteiger partial charge in [0.1, 0.15) is 0 Å². The van der Waals surface area contributed by atoms with E-state index in [1.807, 2.05) is 0 Å². The number of fused-ring (bicyclic) bond motifs is 1. The summed E-state index contributed by atoms with van der Waals surface area (Å²) in [6, 6.07) is 16.3. The van der Waals surface area contributed by atoms with Gasteiger partial charge < -0.3 is 5.32 Å². The molecule has 0 radical (unpaired) electrons. The largest absolute Gasteiger partial charge is 0.314 e. The van der Waals surface area contributed by atoms with Gasteiger partial charge in [0.25, 0.3) is 0 Å². The van der Waals surface area contributed by atoms with Crippen molar-refractivity contribution in [2.24, 2.45) is 5.41 Å². The van der Waals surface area contributed by atoms with Gasteiger partial charge in [-0.2, -0.15) is 0 Å². The maximum absolute atomic E-state index is 3.72. The molecule has 0 heterocycles. The average molecular weight is 281 g/mol. The zero-order chi connectivity index (χ0) is 14.9. The van der Waals surface area contributed by atoms with Crippen LogP contribution in [0.2, 0.25) is 0 Å². The lowest BCUT2D eigenvalue weighted by Gasteiger charge is -2.57. The van der Waals surface area contributed by atoms with Gasteiger partial charge in [-0.25, -0.2) is 0 Å². The Labute approximate surface area is 128 Å². The van der Waals surface area contributed by atoms with Crippen molar-refractivity contribution in [1.82, 2.24) is 5.32 Å². The zero-order valence-electron chi connectivity index (χ0n) is 13.5. The molecule has 0 bridgehead atoms. The van der Waals surface area contributed by atoms with Crippen LogP contribution in [0, 0.1) is 5.41 Å². The zero-order valence-corrected chi connectivity index (χ0v) is 13.5. The molecule has 0 amide bonds. The maximum atomic E-state index is 3.72. The van der Waals surface area contributed by atoms with Crippen molar-refractivity contribution in [3.8, 4) is 0 Å². The molecule has 1 saturated carbocycles. The molecule has 1 nitrogen and oxygen atoms in total. The minimum absolute atomic E-state index is 0.431. The molecule has 1 fully saturated rings. The highest BCUT2D eigenvalue weighted by atomic mass is 15.0. The average Bonchev–Trinajstić information content (AvgIpc) is 2.52. The second kappa shape index (κ2) is 5.81. The van der Waals surface area contributed by atoms with Gasteiger partial charge in [0.15, 0.2) is 0 Å². The molecule has 1 aliphatic carbocycles. The SMILES string of the molecule is CCNC1CC(c2cccc3ccccc23)C1(CC)CC. The highest BCUT2D eigenvalue weighted by Gasteiger charge is 2.52. The number of nitrogens with one attached hydrogen (secondary N) is 1.